The van der Waals surface area contributed by atoms with Crippen LogP contribution in [0.4, 0.5) is 0 Å². The number of imidazole rings is 1. The average Bonchev–Trinajstić information content (AvgIpc) is 3.00. The zero-order valence-corrected chi connectivity index (χ0v) is 10.6. The molecule has 19 heavy (non-hydrogen) atoms. The molecule has 0 aromatic carbocycles. The minimum atomic E-state index is -1.05. The van der Waals surface area contributed by atoms with E-state index in [4.69, 9.17) is 5.11 Å². The molecule has 0 spiro atoms. The zero-order valence-electron chi connectivity index (χ0n) is 10.6. The molecule has 0 radical (unpaired) electrons. The molecule has 2 N–H and O–H groups in total. The SMILES string of the molecule is O=C(CC1C=CCC1)NCCn1cnc(C(=O)O)c1. The third-order valence-corrected chi connectivity index (χ3v) is 3.10. The van der Waals surface area contributed by atoms with E-state index in [0.717, 1.165) is 12.8 Å². The average molecular weight is 263 g/mol. The van der Waals surface area contributed by atoms with Crippen LogP contribution in [0, 0.1) is 5.92 Å². The number of nitrogens with one attached hydrogen (secondary N) is 1. The van der Waals surface area contributed by atoms with Gasteiger partial charge in [-0.2, -0.15) is 0 Å². The van der Waals surface area contributed by atoms with E-state index in [1.54, 1.807) is 4.57 Å². The lowest BCUT2D eigenvalue weighted by atomic mass is 10.1. The first-order valence-corrected chi connectivity index (χ1v) is 6.33. The molecule has 1 amide bonds. The number of amides is 1. The van der Waals surface area contributed by atoms with Crippen LogP contribution < -0.4 is 5.32 Å². The topological polar surface area (TPSA) is 84.2 Å². The van der Waals surface area contributed by atoms with Crippen molar-refractivity contribution in [3.05, 3.63) is 30.4 Å². The molecule has 1 aliphatic rings. The Labute approximate surface area is 111 Å². The lowest BCUT2D eigenvalue weighted by Crippen LogP contribution is -2.28. The van der Waals surface area contributed by atoms with Gasteiger partial charge in [0.15, 0.2) is 5.69 Å². The van der Waals surface area contributed by atoms with Gasteiger partial charge in [0.1, 0.15) is 0 Å². The van der Waals surface area contributed by atoms with E-state index in [-0.39, 0.29) is 11.6 Å². The molecule has 6 heteroatoms. The zero-order chi connectivity index (χ0) is 13.7. The molecule has 1 unspecified atom stereocenters. The number of aromatic nitrogens is 2. The number of rotatable bonds is 6. The van der Waals surface area contributed by atoms with Gasteiger partial charge < -0.3 is 15.0 Å². The summed E-state index contributed by atoms with van der Waals surface area (Å²) >= 11 is 0. The third kappa shape index (κ3) is 3.94. The van der Waals surface area contributed by atoms with Crippen molar-refractivity contribution in [2.24, 2.45) is 5.92 Å². The molecule has 0 aliphatic heterocycles. The number of nitrogens with zero attached hydrogens (tertiary/aromatic N) is 2. The molecule has 0 bridgehead atoms. The summed E-state index contributed by atoms with van der Waals surface area (Å²) in [6, 6.07) is 0. The molecule has 0 fully saturated rings. The van der Waals surface area contributed by atoms with Gasteiger partial charge in [0.25, 0.3) is 0 Å². The van der Waals surface area contributed by atoms with Crippen LogP contribution in [-0.2, 0) is 11.3 Å². The Kier molecular flexibility index (Phi) is 4.33. The fraction of sp³-hybridized carbons (Fsp3) is 0.462. The summed E-state index contributed by atoms with van der Waals surface area (Å²) in [5, 5.41) is 11.5. The largest absolute Gasteiger partial charge is 0.476 e. The van der Waals surface area contributed by atoms with Gasteiger partial charge in [0.05, 0.1) is 6.33 Å². The van der Waals surface area contributed by atoms with Crippen molar-refractivity contribution < 1.29 is 14.7 Å². The Balaban J connectivity index is 1.69. The van der Waals surface area contributed by atoms with Crippen molar-refractivity contribution in [1.82, 2.24) is 14.9 Å². The van der Waals surface area contributed by atoms with Crippen LogP contribution in [0.1, 0.15) is 29.8 Å². The van der Waals surface area contributed by atoms with Gasteiger partial charge in [-0.15, -0.1) is 0 Å². The lowest BCUT2D eigenvalue weighted by Gasteiger charge is -2.08. The third-order valence-electron chi connectivity index (χ3n) is 3.10. The van der Waals surface area contributed by atoms with Crippen molar-refractivity contribution in [3.63, 3.8) is 0 Å². The van der Waals surface area contributed by atoms with Crippen molar-refractivity contribution in [2.75, 3.05) is 6.54 Å². The van der Waals surface area contributed by atoms with Crippen molar-refractivity contribution in [3.8, 4) is 0 Å². The van der Waals surface area contributed by atoms with E-state index in [1.807, 2.05) is 0 Å². The Hall–Kier alpha value is -2.11. The van der Waals surface area contributed by atoms with E-state index >= 15 is 0 Å². The highest BCUT2D eigenvalue weighted by atomic mass is 16.4. The van der Waals surface area contributed by atoms with Gasteiger partial charge in [-0.05, 0) is 18.8 Å². The molecule has 1 aromatic rings. The van der Waals surface area contributed by atoms with E-state index in [9.17, 15) is 9.59 Å². The Morgan fingerprint density at radius 3 is 3.00 bits per heavy atom. The summed E-state index contributed by atoms with van der Waals surface area (Å²) in [5.74, 6) is -0.641. The number of hydrogen-bond acceptors (Lipinski definition) is 3. The van der Waals surface area contributed by atoms with Gasteiger partial charge in [0.2, 0.25) is 5.91 Å². The van der Waals surface area contributed by atoms with E-state index in [2.05, 4.69) is 22.5 Å². The van der Waals surface area contributed by atoms with Crippen LogP contribution in [0.3, 0.4) is 0 Å². The molecular weight excluding hydrogens is 246 g/mol. The maximum absolute atomic E-state index is 11.6. The van der Waals surface area contributed by atoms with Gasteiger partial charge >= 0.3 is 5.97 Å². The van der Waals surface area contributed by atoms with Gasteiger partial charge in [-0.1, -0.05) is 12.2 Å². The van der Waals surface area contributed by atoms with Crippen LogP contribution in [0.5, 0.6) is 0 Å². The summed E-state index contributed by atoms with van der Waals surface area (Å²) in [6.45, 7) is 0.997. The maximum atomic E-state index is 11.6. The highest BCUT2D eigenvalue weighted by molar-refractivity contribution is 5.84. The normalized spacial score (nSPS) is 17.6. The number of carbonyl (C=O) groups is 2. The fourth-order valence-electron chi connectivity index (χ4n) is 2.09. The van der Waals surface area contributed by atoms with E-state index in [0.29, 0.717) is 25.4 Å². The quantitative estimate of drug-likeness (QED) is 0.751. The number of aromatic carboxylic acids is 1. The molecule has 6 nitrogen and oxygen atoms in total. The van der Waals surface area contributed by atoms with Gasteiger partial charge in [0, 0.05) is 25.7 Å². The maximum Gasteiger partial charge on any atom is 0.356 e. The number of carbonyl (C=O) groups excluding carboxylic acids is 1. The van der Waals surface area contributed by atoms with Crippen LogP contribution in [0.25, 0.3) is 0 Å². The second kappa shape index (κ2) is 6.17. The second-order valence-corrected chi connectivity index (χ2v) is 4.62. The summed E-state index contributed by atoms with van der Waals surface area (Å²) in [4.78, 5) is 26.0. The van der Waals surface area contributed by atoms with Gasteiger partial charge in [-0.3, -0.25) is 4.79 Å². The van der Waals surface area contributed by atoms with Crippen LogP contribution >= 0.6 is 0 Å². The van der Waals surface area contributed by atoms with Crippen molar-refractivity contribution in [2.45, 2.75) is 25.8 Å². The van der Waals surface area contributed by atoms with E-state index in [1.165, 1.54) is 12.5 Å². The molecule has 0 saturated heterocycles. The number of carboxylic acid groups (broad SMARTS) is 1. The summed E-state index contributed by atoms with van der Waals surface area (Å²) in [5.41, 5.74) is 0.0161. The molecular formula is C13H17N3O3. The highest BCUT2D eigenvalue weighted by Gasteiger charge is 2.13. The lowest BCUT2D eigenvalue weighted by molar-refractivity contribution is -0.121. The first-order chi connectivity index (χ1) is 9.15. The Morgan fingerprint density at radius 2 is 2.37 bits per heavy atom. The van der Waals surface area contributed by atoms with E-state index < -0.39 is 5.97 Å². The first-order valence-electron chi connectivity index (χ1n) is 6.33. The molecule has 0 saturated carbocycles. The van der Waals surface area contributed by atoms with Crippen LogP contribution in [0.15, 0.2) is 24.7 Å². The molecule has 1 aliphatic carbocycles. The minimum absolute atomic E-state index is 0.0161. The smallest absolute Gasteiger partial charge is 0.356 e. The molecule has 1 heterocycles. The predicted molar refractivity (Wildman–Crippen MR) is 68.7 cm³/mol. The molecule has 2 rings (SSSR count). The van der Waals surface area contributed by atoms with Crippen LogP contribution in [-0.4, -0.2) is 33.1 Å². The first kappa shape index (κ1) is 13.3. The summed E-state index contributed by atoms with van der Waals surface area (Å²) < 4.78 is 1.65. The minimum Gasteiger partial charge on any atom is -0.476 e. The second-order valence-electron chi connectivity index (χ2n) is 4.62. The van der Waals surface area contributed by atoms with Crippen molar-refractivity contribution in [1.29, 1.82) is 0 Å². The van der Waals surface area contributed by atoms with Crippen molar-refractivity contribution >= 4 is 11.9 Å². The molecule has 1 aromatic heterocycles. The van der Waals surface area contributed by atoms with Crippen LogP contribution in [0.2, 0.25) is 0 Å². The number of carboxylic acids is 1. The number of allylic oxidation sites excluding steroid dienone is 2. The summed E-state index contributed by atoms with van der Waals surface area (Å²) in [6.07, 6.45) is 9.75. The standard InChI is InChI=1S/C13H17N3O3/c17-12(7-10-3-1-2-4-10)14-5-6-16-8-11(13(18)19)15-9-16/h1,3,8-10H,2,4-7H2,(H,14,17)(H,18,19). The monoisotopic (exact) mass is 263 g/mol. The predicted octanol–water partition coefficient (Wildman–Crippen LogP) is 1.05. The summed E-state index contributed by atoms with van der Waals surface area (Å²) in [7, 11) is 0. The Bertz CT molecular complexity index is 493. The highest BCUT2D eigenvalue weighted by Crippen LogP contribution is 2.19. The molecule has 102 valence electrons. The van der Waals surface area contributed by atoms with Gasteiger partial charge in [-0.25, -0.2) is 9.78 Å². The molecule has 1 atom stereocenters. The number of hydrogen-bond donors (Lipinski definition) is 2. The fourth-order valence-corrected chi connectivity index (χ4v) is 2.09. The Morgan fingerprint density at radius 1 is 1.53 bits per heavy atom.